The second-order valence-electron chi connectivity index (χ2n) is 8.10. The number of hydrogen-bond donors (Lipinski definition) is 0. The molecule has 35 heavy (non-hydrogen) atoms. The molecule has 182 valence electrons. The Hall–Kier alpha value is -4.14. The highest BCUT2D eigenvalue weighted by Crippen LogP contribution is 2.36. The van der Waals surface area contributed by atoms with Gasteiger partial charge in [0.05, 0.1) is 26.7 Å². The van der Waals surface area contributed by atoms with Gasteiger partial charge in [-0.05, 0) is 77.5 Å². The van der Waals surface area contributed by atoms with Crippen molar-refractivity contribution in [3.63, 3.8) is 0 Å². The molecule has 0 saturated heterocycles. The standard InChI is InChI=1S/C26H27N3O6/c1-14-10-18(13-21(23(14)31-4)26(30)33-6)19(8-7-9-22-28-27-16(3)34-22)17-11-15(2)24-20(12-17)25(32-5)29-35-24/h8,10-13H,7,9H2,1-6H3/b19-8-. The van der Waals surface area contributed by atoms with E-state index >= 15 is 0 Å². The van der Waals surface area contributed by atoms with Gasteiger partial charge >= 0.3 is 5.97 Å². The molecule has 2 aromatic carbocycles. The Bertz CT molecular complexity index is 1420. The molecule has 4 aromatic rings. The molecule has 0 fully saturated rings. The van der Waals surface area contributed by atoms with Gasteiger partial charge in [-0.25, -0.2) is 4.79 Å². The zero-order valence-electron chi connectivity index (χ0n) is 20.6. The number of esters is 1. The summed E-state index contributed by atoms with van der Waals surface area (Å²) in [5, 5.41) is 12.8. The first kappa shape index (κ1) is 24.0. The van der Waals surface area contributed by atoms with Crippen LogP contribution in [-0.2, 0) is 11.2 Å². The van der Waals surface area contributed by atoms with Crippen molar-refractivity contribution in [2.24, 2.45) is 0 Å². The van der Waals surface area contributed by atoms with E-state index in [0.29, 0.717) is 47.4 Å². The Balaban J connectivity index is 1.87. The van der Waals surface area contributed by atoms with E-state index in [0.717, 1.165) is 33.2 Å². The molecular formula is C26H27N3O6. The van der Waals surface area contributed by atoms with Gasteiger partial charge in [-0.1, -0.05) is 6.08 Å². The first-order valence-corrected chi connectivity index (χ1v) is 11.1. The highest BCUT2D eigenvalue weighted by atomic mass is 16.5. The lowest BCUT2D eigenvalue weighted by Gasteiger charge is -2.16. The molecule has 0 atom stereocenters. The Morgan fingerprint density at radius 1 is 0.971 bits per heavy atom. The number of aromatic nitrogens is 3. The maximum absolute atomic E-state index is 12.5. The second kappa shape index (κ2) is 10.0. The highest BCUT2D eigenvalue weighted by Gasteiger charge is 2.20. The van der Waals surface area contributed by atoms with Crippen LogP contribution in [-0.4, -0.2) is 42.7 Å². The zero-order chi connectivity index (χ0) is 25.1. The number of hydrogen-bond acceptors (Lipinski definition) is 9. The van der Waals surface area contributed by atoms with Crippen molar-refractivity contribution < 1.29 is 27.9 Å². The van der Waals surface area contributed by atoms with E-state index in [2.05, 4.69) is 21.4 Å². The third-order valence-electron chi connectivity index (χ3n) is 5.70. The smallest absolute Gasteiger partial charge is 0.341 e. The Morgan fingerprint density at radius 2 is 1.71 bits per heavy atom. The number of carbonyl (C=O) groups is 1. The Labute approximate surface area is 202 Å². The van der Waals surface area contributed by atoms with E-state index in [-0.39, 0.29) is 0 Å². The number of nitrogens with zero attached hydrogens (tertiary/aromatic N) is 3. The molecule has 0 unspecified atom stereocenters. The molecule has 0 N–H and O–H groups in total. The summed E-state index contributed by atoms with van der Waals surface area (Å²) in [5.41, 5.74) is 5.38. The summed E-state index contributed by atoms with van der Waals surface area (Å²) >= 11 is 0. The van der Waals surface area contributed by atoms with Crippen LogP contribution in [0.3, 0.4) is 0 Å². The summed E-state index contributed by atoms with van der Waals surface area (Å²) in [6, 6.07) is 7.76. The van der Waals surface area contributed by atoms with Crippen LogP contribution in [0.25, 0.3) is 16.5 Å². The van der Waals surface area contributed by atoms with Gasteiger partial charge in [-0.3, -0.25) is 0 Å². The SMILES string of the molecule is COC(=O)c1cc(/C(=C\CCc2nnc(C)o2)c2cc(C)c3onc(OC)c3c2)cc(C)c1OC. The van der Waals surface area contributed by atoms with Gasteiger partial charge in [0.2, 0.25) is 11.8 Å². The molecule has 9 nitrogen and oxygen atoms in total. The topological polar surface area (TPSA) is 110 Å². The van der Waals surface area contributed by atoms with Crippen LogP contribution in [0, 0.1) is 20.8 Å². The monoisotopic (exact) mass is 477 g/mol. The molecule has 2 heterocycles. The summed E-state index contributed by atoms with van der Waals surface area (Å²) in [6.07, 6.45) is 3.29. The van der Waals surface area contributed by atoms with Crippen molar-refractivity contribution >= 4 is 22.5 Å². The minimum Gasteiger partial charge on any atom is -0.496 e. The van der Waals surface area contributed by atoms with Gasteiger partial charge in [0, 0.05) is 13.3 Å². The van der Waals surface area contributed by atoms with Crippen LogP contribution in [0.1, 0.15) is 50.8 Å². The minimum absolute atomic E-state index is 0.351. The molecule has 4 rings (SSSR count). The molecular weight excluding hydrogens is 450 g/mol. The maximum atomic E-state index is 12.5. The number of ether oxygens (including phenoxy) is 3. The van der Waals surface area contributed by atoms with Crippen molar-refractivity contribution in [3.8, 4) is 11.6 Å². The van der Waals surface area contributed by atoms with Crippen molar-refractivity contribution in [2.75, 3.05) is 21.3 Å². The molecule has 0 amide bonds. The molecule has 0 bridgehead atoms. The van der Waals surface area contributed by atoms with Gasteiger partial charge in [-0.15, -0.1) is 10.2 Å². The molecule has 2 aromatic heterocycles. The van der Waals surface area contributed by atoms with Crippen LogP contribution in [0.5, 0.6) is 11.6 Å². The van der Waals surface area contributed by atoms with E-state index in [4.69, 9.17) is 23.2 Å². The molecule has 0 saturated carbocycles. The lowest BCUT2D eigenvalue weighted by atomic mass is 9.91. The number of benzene rings is 2. The first-order chi connectivity index (χ1) is 16.9. The molecule has 0 aliphatic carbocycles. The lowest BCUT2D eigenvalue weighted by molar-refractivity contribution is 0.0597. The highest BCUT2D eigenvalue weighted by molar-refractivity contribution is 5.96. The maximum Gasteiger partial charge on any atom is 0.341 e. The fraction of sp³-hybridized carbons (Fsp3) is 0.308. The third kappa shape index (κ3) is 4.75. The minimum atomic E-state index is -0.472. The number of fused-ring (bicyclic) bond motifs is 1. The third-order valence-corrected chi connectivity index (χ3v) is 5.70. The second-order valence-corrected chi connectivity index (χ2v) is 8.10. The molecule has 9 heteroatoms. The van der Waals surface area contributed by atoms with Crippen LogP contribution >= 0.6 is 0 Å². The van der Waals surface area contributed by atoms with Gasteiger partial charge in [0.25, 0.3) is 5.88 Å². The number of carbonyl (C=O) groups excluding carboxylic acids is 1. The molecule has 0 radical (unpaired) electrons. The first-order valence-electron chi connectivity index (χ1n) is 11.1. The fourth-order valence-electron chi connectivity index (χ4n) is 4.14. The van der Waals surface area contributed by atoms with Crippen molar-refractivity contribution in [3.05, 3.63) is 69.9 Å². The van der Waals surface area contributed by atoms with Crippen molar-refractivity contribution in [2.45, 2.75) is 33.6 Å². The zero-order valence-corrected chi connectivity index (χ0v) is 20.6. The predicted molar refractivity (Wildman–Crippen MR) is 129 cm³/mol. The van der Waals surface area contributed by atoms with E-state index in [1.54, 1.807) is 20.1 Å². The van der Waals surface area contributed by atoms with Gasteiger partial charge in [-0.2, -0.15) is 0 Å². The summed E-state index contributed by atoms with van der Waals surface area (Å²) in [7, 11) is 4.44. The summed E-state index contributed by atoms with van der Waals surface area (Å²) in [6.45, 7) is 5.61. The number of rotatable bonds is 8. The molecule has 0 aliphatic rings. The average Bonchev–Trinajstić information content (AvgIpc) is 3.46. The normalized spacial score (nSPS) is 11.7. The van der Waals surface area contributed by atoms with E-state index in [1.165, 1.54) is 14.2 Å². The quantitative estimate of drug-likeness (QED) is 0.324. The summed E-state index contributed by atoms with van der Waals surface area (Å²) in [4.78, 5) is 12.5. The molecule has 0 spiro atoms. The Morgan fingerprint density at radius 3 is 2.37 bits per heavy atom. The summed E-state index contributed by atoms with van der Waals surface area (Å²) < 4.78 is 26.9. The lowest BCUT2D eigenvalue weighted by Crippen LogP contribution is -2.07. The predicted octanol–water partition coefficient (Wildman–Crippen LogP) is 5.00. The number of methoxy groups -OCH3 is 3. The molecule has 0 aliphatic heterocycles. The number of allylic oxidation sites excluding steroid dienone is 1. The van der Waals surface area contributed by atoms with E-state index in [1.807, 2.05) is 32.0 Å². The van der Waals surface area contributed by atoms with Gasteiger partial charge in [0.15, 0.2) is 5.58 Å². The summed E-state index contributed by atoms with van der Waals surface area (Å²) in [5.74, 6) is 1.50. The Kier molecular flexibility index (Phi) is 6.86. The van der Waals surface area contributed by atoms with Crippen LogP contribution in [0.2, 0.25) is 0 Å². The van der Waals surface area contributed by atoms with Gasteiger partial charge < -0.3 is 23.2 Å². The average molecular weight is 478 g/mol. The van der Waals surface area contributed by atoms with E-state index < -0.39 is 5.97 Å². The number of aryl methyl sites for hydroxylation is 4. The van der Waals surface area contributed by atoms with Crippen LogP contribution in [0.4, 0.5) is 0 Å². The van der Waals surface area contributed by atoms with Crippen molar-refractivity contribution in [1.82, 2.24) is 15.4 Å². The van der Waals surface area contributed by atoms with Gasteiger partial charge in [0.1, 0.15) is 11.3 Å². The van der Waals surface area contributed by atoms with Crippen molar-refractivity contribution in [1.29, 1.82) is 0 Å². The fourth-order valence-corrected chi connectivity index (χ4v) is 4.14. The largest absolute Gasteiger partial charge is 0.496 e. The van der Waals surface area contributed by atoms with E-state index in [9.17, 15) is 4.79 Å². The van der Waals surface area contributed by atoms with Crippen LogP contribution in [0.15, 0.2) is 39.3 Å². The van der Waals surface area contributed by atoms with Crippen LogP contribution < -0.4 is 9.47 Å².